The topological polar surface area (TPSA) is 79.8 Å². The molecule has 0 spiro atoms. The number of amides is 2. The van der Waals surface area contributed by atoms with Gasteiger partial charge in [0.2, 0.25) is 0 Å². The summed E-state index contributed by atoms with van der Waals surface area (Å²) in [4.78, 5) is 29.3. The van der Waals surface area contributed by atoms with Crippen molar-refractivity contribution in [3.63, 3.8) is 0 Å². The first kappa shape index (κ1) is 25.1. The number of carbonyl (C=O) groups excluding carboxylic acids is 2. The summed E-state index contributed by atoms with van der Waals surface area (Å²) in [7, 11) is 0. The maximum Gasteiger partial charge on any atom is 0.264 e. The van der Waals surface area contributed by atoms with E-state index in [0.717, 1.165) is 5.56 Å². The van der Waals surface area contributed by atoms with Crippen molar-refractivity contribution in [1.82, 2.24) is 5.32 Å². The first-order valence-corrected chi connectivity index (χ1v) is 12.3. The number of ether oxygens (including phenoxy) is 1. The highest BCUT2D eigenvalue weighted by atomic mass is 35.5. The minimum atomic E-state index is -0.304. The number of carbonyl (C=O) groups is 2. The van der Waals surface area contributed by atoms with E-state index >= 15 is 0 Å². The Bertz CT molecular complexity index is 1360. The van der Waals surface area contributed by atoms with E-state index in [1.165, 1.54) is 11.8 Å². The van der Waals surface area contributed by atoms with Gasteiger partial charge in [-0.25, -0.2) is 4.99 Å². The van der Waals surface area contributed by atoms with Crippen molar-refractivity contribution in [2.24, 2.45) is 4.99 Å². The minimum absolute atomic E-state index is 0.196. The van der Waals surface area contributed by atoms with Crippen LogP contribution >= 0.6 is 46.6 Å². The monoisotopic (exact) mass is 545 g/mol. The molecular weight excluding hydrogens is 529 g/mol. The van der Waals surface area contributed by atoms with Crippen LogP contribution in [0, 0.1) is 6.92 Å². The second kappa shape index (κ2) is 11.2. The molecule has 0 aliphatic carbocycles. The number of thioether (sulfide) groups is 1. The molecule has 0 atom stereocenters. The van der Waals surface area contributed by atoms with Crippen LogP contribution in [0.5, 0.6) is 5.75 Å². The number of aryl methyl sites for hydroxylation is 1. The second-order valence-corrected chi connectivity index (χ2v) is 9.67. The van der Waals surface area contributed by atoms with Gasteiger partial charge in [0.1, 0.15) is 5.75 Å². The van der Waals surface area contributed by atoms with Crippen LogP contribution in [0.2, 0.25) is 15.1 Å². The molecule has 3 aromatic carbocycles. The highest BCUT2D eigenvalue weighted by Gasteiger charge is 2.24. The maximum atomic E-state index is 12.4. The van der Waals surface area contributed by atoms with Gasteiger partial charge in [-0.2, -0.15) is 0 Å². The van der Waals surface area contributed by atoms with Crippen LogP contribution in [0.4, 0.5) is 11.4 Å². The van der Waals surface area contributed by atoms with Gasteiger partial charge in [-0.15, -0.1) is 0 Å². The quantitative estimate of drug-likeness (QED) is 0.331. The molecule has 1 fully saturated rings. The summed E-state index contributed by atoms with van der Waals surface area (Å²) in [5.41, 5.74) is 2.93. The SMILES string of the molecule is Cc1ccc(NC(=O)COc2ccc(C=C3SC(=Nc4cccc(Cl)c4Cl)NC3=O)cc2Cl)cc1. The standard InChI is InChI=1S/C25H18Cl3N3O3S/c1-14-5-8-16(9-6-14)29-22(32)13-34-20-10-7-15(11-18(20)27)12-21-24(33)31-25(35-21)30-19-4-2-3-17(26)23(19)28/h2-12H,13H2,1H3,(H,29,32)(H,30,31,33). The molecule has 4 rings (SSSR count). The van der Waals surface area contributed by atoms with Gasteiger partial charge >= 0.3 is 0 Å². The van der Waals surface area contributed by atoms with E-state index in [2.05, 4.69) is 15.6 Å². The number of nitrogens with zero attached hydrogens (tertiary/aromatic N) is 1. The Balaban J connectivity index is 1.39. The minimum Gasteiger partial charge on any atom is -0.482 e. The van der Waals surface area contributed by atoms with E-state index in [4.69, 9.17) is 39.5 Å². The van der Waals surface area contributed by atoms with Crippen LogP contribution < -0.4 is 15.4 Å². The Kier molecular flexibility index (Phi) is 8.03. The van der Waals surface area contributed by atoms with E-state index in [1.54, 1.807) is 42.5 Å². The van der Waals surface area contributed by atoms with Crippen LogP contribution in [0.25, 0.3) is 6.08 Å². The van der Waals surface area contributed by atoms with Crippen molar-refractivity contribution in [2.75, 3.05) is 11.9 Å². The molecule has 3 aromatic rings. The Morgan fingerprint density at radius 1 is 1.09 bits per heavy atom. The molecule has 1 heterocycles. The summed E-state index contributed by atoms with van der Waals surface area (Å²) in [6.45, 7) is 1.77. The first-order chi connectivity index (χ1) is 16.8. The largest absolute Gasteiger partial charge is 0.482 e. The van der Waals surface area contributed by atoms with Gasteiger partial charge in [-0.3, -0.25) is 9.59 Å². The highest BCUT2D eigenvalue weighted by molar-refractivity contribution is 8.18. The molecule has 1 aliphatic rings. The molecule has 0 unspecified atom stereocenters. The van der Waals surface area contributed by atoms with Gasteiger partial charge in [-0.1, -0.05) is 64.6 Å². The fourth-order valence-electron chi connectivity index (χ4n) is 3.02. The molecule has 0 radical (unpaired) electrons. The summed E-state index contributed by atoms with van der Waals surface area (Å²) < 4.78 is 5.55. The van der Waals surface area contributed by atoms with E-state index in [0.29, 0.717) is 47.8 Å². The van der Waals surface area contributed by atoms with Crippen molar-refractivity contribution < 1.29 is 14.3 Å². The van der Waals surface area contributed by atoms with E-state index in [1.807, 2.05) is 31.2 Å². The average molecular weight is 547 g/mol. The third kappa shape index (κ3) is 6.58. The molecule has 35 heavy (non-hydrogen) atoms. The molecule has 1 saturated heterocycles. The van der Waals surface area contributed by atoms with Crippen LogP contribution in [-0.4, -0.2) is 23.6 Å². The molecular formula is C25H18Cl3N3O3S. The van der Waals surface area contributed by atoms with Crippen molar-refractivity contribution in [1.29, 1.82) is 0 Å². The Labute approximate surface area is 221 Å². The number of hydrogen-bond acceptors (Lipinski definition) is 5. The molecule has 178 valence electrons. The predicted molar refractivity (Wildman–Crippen MR) is 144 cm³/mol. The number of benzene rings is 3. The van der Waals surface area contributed by atoms with Crippen molar-refractivity contribution in [3.05, 3.63) is 91.8 Å². The summed E-state index contributed by atoms with van der Waals surface area (Å²) in [5, 5.41) is 6.85. The average Bonchev–Trinajstić information content (AvgIpc) is 3.16. The van der Waals surface area contributed by atoms with Crippen LogP contribution in [-0.2, 0) is 9.59 Å². The van der Waals surface area contributed by atoms with Gasteiger partial charge in [0.15, 0.2) is 11.8 Å². The zero-order valence-corrected chi connectivity index (χ0v) is 21.4. The van der Waals surface area contributed by atoms with Gasteiger partial charge in [0.05, 0.1) is 25.7 Å². The fraction of sp³-hybridized carbons (Fsp3) is 0.0800. The third-order valence-corrected chi connectivity index (χ3v) is 6.77. The van der Waals surface area contributed by atoms with Crippen molar-refractivity contribution in [2.45, 2.75) is 6.92 Å². The number of amidine groups is 1. The lowest BCUT2D eigenvalue weighted by Crippen LogP contribution is -2.20. The van der Waals surface area contributed by atoms with Crippen LogP contribution in [0.15, 0.2) is 70.6 Å². The molecule has 6 nitrogen and oxygen atoms in total. The van der Waals surface area contributed by atoms with Crippen molar-refractivity contribution in [3.8, 4) is 5.75 Å². The van der Waals surface area contributed by atoms with Crippen LogP contribution in [0.3, 0.4) is 0 Å². The normalized spacial score (nSPS) is 15.4. The molecule has 10 heteroatoms. The zero-order valence-electron chi connectivity index (χ0n) is 18.3. The second-order valence-electron chi connectivity index (χ2n) is 7.45. The zero-order chi connectivity index (χ0) is 24.9. The lowest BCUT2D eigenvalue weighted by molar-refractivity contribution is -0.118. The summed E-state index contributed by atoms with van der Waals surface area (Å²) in [5.74, 6) is -0.243. The summed E-state index contributed by atoms with van der Waals surface area (Å²) >= 11 is 19.7. The molecule has 2 amide bonds. The summed E-state index contributed by atoms with van der Waals surface area (Å²) in [6, 6.07) is 17.6. The van der Waals surface area contributed by atoms with E-state index < -0.39 is 0 Å². The fourth-order valence-corrected chi connectivity index (χ4v) is 4.44. The number of anilines is 1. The third-order valence-electron chi connectivity index (χ3n) is 4.75. The van der Waals surface area contributed by atoms with E-state index in [9.17, 15) is 9.59 Å². The number of nitrogens with one attached hydrogen (secondary N) is 2. The Hall–Kier alpha value is -2.97. The molecule has 2 N–H and O–H groups in total. The number of hydrogen-bond donors (Lipinski definition) is 2. The van der Waals surface area contributed by atoms with Gasteiger partial charge in [-0.05, 0) is 66.7 Å². The van der Waals surface area contributed by atoms with Crippen molar-refractivity contribution >= 4 is 81.0 Å². The molecule has 0 bridgehead atoms. The molecule has 1 aliphatic heterocycles. The van der Waals surface area contributed by atoms with Gasteiger partial charge in [0.25, 0.3) is 11.8 Å². The van der Waals surface area contributed by atoms with E-state index in [-0.39, 0.29) is 18.4 Å². The predicted octanol–water partition coefficient (Wildman–Crippen LogP) is 6.86. The Morgan fingerprint density at radius 2 is 1.86 bits per heavy atom. The first-order valence-electron chi connectivity index (χ1n) is 10.3. The summed E-state index contributed by atoms with van der Waals surface area (Å²) in [6.07, 6.45) is 1.68. The maximum absolute atomic E-state index is 12.4. The number of rotatable bonds is 6. The molecule has 0 saturated carbocycles. The van der Waals surface area contributed by atoms with Crippen LogP contribution in [0.1, 0.15) is 11.1 Å². The Morgan fingerprint density at radius 3 is 2.60 bits per heavy atom. The lowest BCUT2D eigenvalue weighted by atomic mass is 10.2. The smallest absolute Gasteiger partial charge is 0.264 e. The lowest BCUT2D eigenvalue weighted by Gasteiger charge is -2.09. The number of halogens is 3. The highest BCUT2D eigenvalue weighted by Crippen LogP contribution is 2.35. The molecule has 0 aromatic heterocycles. The van der Waals surface area contributed by atoms with Gasteiger partial charge in [0, 0.05) is 5.69 Å². The number of aliphatic imine (C=N–C) groups is 1. The van der Waals surface area contributed by atoms with Gasteiger partial charge < -0.3 is 15.4 Å².